The molecule has 30 heavy (non-hydrogen) atoms. The highest BCUT2D eigenvalue weighted by molar-refractivity contribution is 5.93. The topological polar surface area (TPSA) is 68.2 Å². The van der Waals surface area contributed by atoms with Crippen LogP contribution >= 0.6 is 0 Å². The lowest BCUT2D eigenvalue weighted by molar-refractivity contribution is -0.173. The molecule has 0 bridgehead atoms. The van der Waals surface area contributed by atoms with Gasteiger partial charge in [0.05, 0.1) is 13.2 Å². The molecule has 1 aliphatic heterocycles. The number of alkyl halides is 3. The molecular weight excluding hydrogens is 397 g/mol. The van der Waals surface area contributed by atoms with Crippen LogP contribution in [0.3, 0.4) is 0 Å². The smallest absolute Gasteiger partial charge is 0.410 e. The number of hydrogen-bond donors (Lipinski definition) is 2. The average Bonchev–Trinajstić information content (AvgIpc) is 3.17. The van der Waals surface area contributed by atoms with Crippen molar-refractivity contribution in [3.63, 3.8) is 0 Å². The minimum absolute atomic E-state index is 0.00713. The number of ether oxygens (including phenoxy) is 1. The first-order chi connectivity index (χ1) is 14.3. The van der Waals surface area contributed by atoms with Gasteiger partial charge in [-0.25, -0.2) is 4.68 Å². The van der Waals surface area contributed by atoms with E-state index in [0.29, 0.717) is 11.3 Å². The Kier molecular flexibility index (Phi) is 5.62. The number of nitrogens with zero attached hydrogens (tertiary/aromatic N) is 2. The molecule has 2 atom stereocenters. The van der Waals surface area contributed by atoms with Crippen molar-refractivity contribution in [2.45, 2.75) is 62.8 Å². The van der Waals surface area contributed by atoms with Crippen LogP contribution in [-0.2, 0) is 0 Å². The number of rotatable bonds is 4. The fourth-order valence-corrected chi connectivity index (χ4v) is 4.25. The predicted octanol–water partition coefficient (Wildman–Crippen LogP) is 4.61. The number of amides is 1. The highest BCUT2D eigenvalue weighted by Crippen LogP contribution is 2.43. The van der Waals surface area contributed by atoms with Gasteiger partial charge in [-0.15, -0.1) is 0 Å². The Morgan fingerprint density at radius 1 is 1.20 bits per heavy atom. The molecule has 1 aromatic heterocycles. The molecule has 9 heteroatoms. The fourth-order valence-electron chi connectivity index (χ4n) is 4.25. The molecule has 2 heterocycles. The van der Waals surface area contributed by atoms with Crippen LogP contribution < -0.4 is 15.4 Å². The first-order valence-electron chi connectivity index (χ1n) is 10.2. The second-order valence-corrected chi connectivity index (χ2v) is 7.93. The van der Waals surface area contributed by atoms with Crippen LogP contribution in [0.2, 0.25) is 0 Å². The molecule has 0 spiro atoms. The third kappa shape index (κ3) is 4.24. The first kappa shape index (κ1) is 20.6. The number of aromatic nitrogens is 2. The fraction of sp³-hybridized carbons (Fsp3) is 0.524. The Balaban J connectivity index is 1.58. The summed E-state index contributed by atoms with van der Waals surface area (Å²) in [6.45, 7) is 0. The van der Waals surface area contributed by atoms with E-state index in [1.165, 1.54) is 13.2 Å². The minimum atomic E-state index is -4.48. The quantitative estimate of drug-likeness (QED) is 0.755. The molecule has 0 unspecified atom stereocenters. The van der Waals surface area contributed by atoms with Crippen molar-refractivity contribution in [2.75, 3.05) is 12.4 Å². The Morgan fingerprint density at radius 3 is 2.53 bits per heavy atom. The van der Waals surface area contributed by atoms with Gasteiger partial charge < -0.3 is 15.4 Å². The number of fused-ring (bicyclic) bond motifs is 1. The molecule has 2 N–H and O–H groups in total. The van der Waals surface area contributed by atoms with Crippen molar-refractivity contribution in [3.8, 4) is 5.75 Å². The Labute approximate surface area is 172 Å². The number of anilines is 1. The highest BCUT2D eigenvalue weighted by Gasteiger charge is 2.46. The summed E-state index contributed by atoms with van der Waals surface area (Å²) in [5.74, 6) is 0.402. The number of hydrogen-bond acceptors (Lipinski definition) is 4. The van der Waals surface area contributed by atoms with E-state index in [1.807, 2.05) is 0 Å². The molecule has 1 fully saturated rings. The van der Waals surface area contributed by atoms with Crippen LogP contribution in [0.5, 0.6) is 5.75 Å². The molecule has 4 rings (SSSR count). The molecule has 162 valence electrons. The van der Waals surface area contributed by atoms with Crippen molar-refractivity contribution < 1.29 is 22.7 Å². The van der Waals surface area contributed by atoms with Gasteiger partial charge in [-0.2, -0.15) is 18.3 Å². The predicted molar refractivity (Wildman–Crippen MR) is 106 cm³/mol. The summed E-state index contributed by atoms with van der Waals surface area (Å²) in [4.78, 5) is 12.6. The number of halogens is 3. The Hall–Kier alpha value is -2.71. The van der Waals surface area contributed by atoms with Crippen LogP contribution in [0.15, 0.2) is 30.3 Å². The van der Waals surface area contributed by atoms with E-state index < -0.39 is 24.2 Å². The maximum atomic E-state index is 13.8. The van der Waals surface area contributed by atoms with Crippen LogP contribution in [0.25, 0.3) is 0 Å². The molecule has 1 aromatic carbocycles. The summed E-state index contributed by atoms with van der Waals surface area (Å²) in [5.41, 5.74) is 0.721. The summed E-state index contributed by atoms with van der Waals surface area (Å²) in [6.07, 6.45) is 0.330. The van der Waals surface area contributed by atoms with Gasteiger partial charge in [0.2, 0.25) is 0 Å². The van der Waals surface area contributed by atoms with E-state index in [1.54, 1.807) is 24.3 Å². The third-order valence-corrected chi connectivity index (χ3v) is 5.88. The molecule has 6 nitrogen and oxygen atoms in total. The lowest BCUT2D eigenvalue weighted by Crippen LogP contribution is -2.37. The summed E-state index contributed by atoms with van der Waals surface area (Å²) in [7, 11) is 1.53. The van der Waals surface area contributed by atoms with E-state index in [-0.39, 0.29) is 24.0 Å². The van der Waals surface area contributed by atoms with E-state index in [9.17, 15) is 18.0 Å². The average molecular weight is 422 g/mol. The SMILES string of the molecule is COc1ccc([C@@H]2C[C@H](C(F)(F)F)n3nc(C(=O)NC4CCCCC4)cc3N2)cc1. The van der Waals surface area contributed by atoms with Crippen molar-refractivity contribution in [1.29, 1.82) is 0 Å². The first-order valence-corrected chi connectivity index (χ1v) is 10.2. The Bertz CT molecular complexity index is 889. The van der Waals surface area contributed by atoms with Crippen molar-refractivity contribution in [1.82, 2.24) is 15.1 Å². The van der Waals surface area contributed by atoms with Gasteiger partial charge in [0.25, 0.3) is 5.91 Å². The molecule has 0 saturated heterocycles. The number of carbonyl (C=O) groups is 1. The zero-order valence-electron chi connectivity index (χ0n) is 16.7. The maximum absolute atomic E-state index is 13.8. The molecule has 1 saturated carbocycles. The van der Waals surface area contributed by atoms with Crippen molar-refractivity contribution >= 4 is 11.7 Å². The largest absolute Gasteiger partial charge is 0.497 e. The van der Waals surface area contributed by atoms with Gasteiger partial charge in [0, 0.05) is 18.5 Å². The highest BCUT2D eigenvalue weighted by atomic mass is 19.4. The number of nitrogens with one attached hydrogen (secondary N) is 2. The maximum Gasteiger partial charge on any atom is 0.410 e. The van der Waals surface area contributed by atoms with E-state index in [2.05, 4.69) is 15.7 Å². The standard InChI is InChI=1S/C21H25F3N4O2/c1-30-15-9-7-13(8-10-15)16-11-18(21(22,23)24)28-19(26-16)12-17(27-28)20(29)25-14-5-3-2-4-6-14/h7-10,12,14,16,18,26H,2-6,11H2,1H3,(H,25,29)/t16-,18+/m0/s1. The summed E-state index contributed by atoms with van der Waals surface area (Å²) >= 11 is 0. The second-order valence-electron chi connectivity index (χ2n) is 7.93. The van der Waals surface area contributed by atoms with Gasteiger partial charge in [0.15, 0.2) is 11.7 Å². The zero-order valence-corrected chi connectivity index (χ0v) is 16.7. The molecular formula is C21H25F3N4O2. The Morgan fingerprint density at radius 2 is 1.90 bits per heavy atom. The number of carbonyl (C=O) groups excluding carboxylic acids is 1. The molecule has 1 amide bonds. The molecule has 2 aromatic rings. The van der Waals surface area contributed by atoms with Crippen molar-refractivity contribution in [2.24, 2.45) is 0 Å². The monoisotopic (exact) mass is 422 g/mol. The van der Waals surface area contributed by atoms with E-state index in [4.69, 9.17) is 4.74 Å². The molecule has 2 aliphatic rings. The molecule has 0 radical (unpaired) electrons. The van der Waals surface area contributed by atoms with E-state index >= 15 is 0 Å². The van der Waals surface area contributed by atoms with Gasteiger partial charge in [0.1, 0.15) is 11.6 Å². The van der Waals surface area contributed by atoms with Gasteiger partial charge in [-0.1, -0.05) is 31.4 Å². The second kappa shape index (κ2) is 8.20. The lowest BCUT2D eigenvalue weighted by Gasteiger charge is -2.33. The number of methoxy groups -OCH3 is 1. The van der Waals surface area contributed by atoms with Crippen molar-refractivity contribution in [3.05, 3.63) is 41.6 Å². The molecule has 1 aliphatic carbocycles. The lowest BCUT2D eigenvalue weighted by atomic mass is 9.95. The normalized spacial score (nSPS) is 22.1. The van der Waals surface area contributed by atoms with Crippen LogP contribution in [0.4, 0.5) is 19.0 Å². The van der Waals surface area contributed by atoms with E-state index in [0.717, 1.165) is 36.8 Å². The zero-order chi connectivity index (χ0) is 21.3. The minimum Gasteiger partial charge on any atom is -0.497 e. The van der Waals surface area contributed by atoms with Gasteiger partial charge >= 0.3 is 6.18 Å². The van der Waals surface area contributed by atoms with Crippen LogP contribution in [0, 0.1) is 0 Å². The summed E-state index contributed by atoms with van der Waals surface area (Å²) in [6, 6.07) is 6.02. The van der Waals surface area contributed by atoms with Crippen LogP contribution in [0.1, 0.15) is 66.7 Å². The summed E-state index contributed by atoms with van der Waals surface area (Å²) in [5, 5.41) is 10.0. The van der Waals surface area contributed by atoms with Gasteiger partial charge in [-0.3, -0.25) is 4.79 Å². The third-order valence-electron chi connectivity index (χ3n) is 5.88. The summed E-state index contributed by atoms with van der Waals surface area (Å²) < 4.78 is 47.4. The van der Waals surface area contributed by atoms with Crippen LogP contribution in [-0.4, -0.2) is 35.0 Å². The van der Waals surface area contributed by atoms with Gasteiger partial charge in [-0.05, 0) is 30.5 Å². The number of benzene rings is 1.